The zero-order chi connectivity index (χ0) is 18.1. The summed E-state index contributed by atoms with van der Waals surface area (Å²) in [6.45, 7) is 11.7. The molecule has 0 saturated carbocycles. The van der Waals surface area contributed by atoms with Gasteiger partial charge >= 0.3 is 0 Å². The largest absolute Gasteiger partial charge is 0.334 e. The van der Waals surface area contributed by atoms with Crippen molar-refractivity contribution < 1.29 is 4.79 Å². The first-order chi connectivity index (χ1) is 11.9. The van der Waals surface area contributed by atoms with Crippen LogP contribution in [0.5, 0.6) is 0 Å². The van der Waals surface area contributed by atoms with E-state index in [1.807, 2.05) is 11.7 Å². The smallest absolute Gasteiger partial charge is 0.240 e. The van der Waals surface area contributed by atoms with Gasteiger partial charge in [0.05, 0.1) is 17.8 Å². The molecule has 140 valence electrons. The number of amides is 1. The summed E-state index contributed by atoms with van der Waals surface area (Å²) in [5, 5.41) is 4.58. The molecule has 0 unspecified atom stereocenters. The second kappa shape index (κ2) is 7.48. The van der Waals surface area contributed by atoms with Gasteiger partial charge in [-0.15, -0.1) is 0 Å². The fraction of sp³-hybridized carbons (Fsp3) is 0.800. The normalized spacial score (nSPS) is 25.1. The minimum atomic E-state index is 0.0778. The molecular weight excluding hydrogens is 312 g/mol. The minimum Gasteiger partial charge on any atom is -0.334 e. The Kier molecular flexibility index (Phi) is 5.52. The number of rotatable bonds is 4. The van der Waals surface area contributed by atoms with Crippen molar-refractivity contribution >= 4 is 5.91 Å². The lowest BCUT2D eigenvalue weighted by molar-refractivity contribution is -0.139. The number of likely N-dealkylation sites (tertiary alicyclic amines) is 2. The average molecular weight is 347 g/mol. The van der Waals surface area contributed by atoms with Gasteiger partial charge in [0, 0.05) is 31.4 Å². The summed E-state index contributed by atoms with van der Waals surface area (Å²) in [4.78, 5) is 18.1. The van der Waals surface area contributed by atoms with E-state index < -0.39 is 0 Å². The van der Waals surface area contributed by atoms with Crippen LogP contribution in [0.25, 0.3) is 0 Å². The summed E-state index contributed by atoms with van der Waals surface area (Å²) in [6.07, 6.45) is 5.58. The zero-order valence-corrected chi connectivity index (χ0v) is 16.6. The van der Waals surface area contributed by atoms with Gasteiger partial charge in [-0.1, -0.05) is 20.3 Å². The van der Waals surface area contributed by atoms with E-state index in [2.05, 4.69) is 42.6 Å². The molecule has 2 aliphatic rings. The average Bonchev–Trinajstić information content (AvgIpc) is 3.12. The van der Waals surface area contributed by atoms with Crippen molar-refractivity contribution in [2.24, 2.45) is 13.0 Å². The topological polar surface area (TPSA) is 41.4 Å². The van der Waals surface area contributed by atoms with Gasteiger partial charge in [0.25, 0.3) is 0 Å². The van der Waals surface area contributed by atoms with Crippen LogP contribution in [-0.2, 0) is 11.8 Å². The molecule has 2 saturated heterocycles. The third kappa shape index (κ3) is 3.62. The van der Waals surface area contributed by atoms with Crippen LogP contribution in [-0.4, -0.2) is 51.2 Å². The number of nitrogens with zero attached hydrogens (tertiary/aromatic N) is 4. The Labute approximate surface area is 152 Å². The Bertz CT molecular complexity index is 621. The number of carbonyl (C=O) groups is 1. The standard InChI is InChI=1S/C20H34N4O/c1-14(2)13-23-11-7-6-9-18(23)20(25)24-12-8-10-17(24)19-15(3)21-22(5)16(19)4/h14,17-18H,6-13H2,1-5H3/t17-,18+/m0/s1. The molecule has 5 heteroatoms. The molecule has 0 N–H and O–H groups in total. The van der Waals surface area contributed by atoms with E-state index in [1.54, 1.807) is 0 Å². The SMILES string of the molecule is Cc1nn(C)c(C)c1[C@@H]1CCCN1C(=O)[C@H]1CCCCN1CC(C)C. The monoisotopic (exact) mass is 346 g/mol. The molecule has 3 heterocycles. The first kappa shape index (κ1) is 18.4. The number of hydrogen-bond acceptors (Lipinski definition) is 3. The highest BCUT2D eigenvalue weighted by atomic mass is 16.2. The maximum absolute atomic E-state index is 13.5. The molecule has 0 aromatic carbocycles. The molecule has 25 heavy (non-hydrogen) atoms. The first-order valence-corrected chi connectivity index (χ1v) is 9.94. The summed E-state index contributed by atoms with van der Waals surface area (Å²) >= 11 is 0. The Morgan fingerprint density at radius 1 is 1.16 bits per heavy atom. The predicted molar refractivity (Wildman–Crippen MR) is 100 cm³/mol. The van der Waals surface area contributed by atoms with Gasteiger partial charge in [0.1, 0.15) is 0 Å². The second-order valence-electron chi connectivity index (χ2n) is 8.30. The quantitative estimate of drug-likeness (QED) is 0.841. The fourth-order valence-corrected chi connectivity index (χ4v) is 4.75. The van der Waals surface area contributed by atoms with E-state index in [-0.39, 0.29) is 12.1 Å². The van der Waals surface area contributed by atoms with Crippen LogP contribution in [0.3, 0.4) is 0 Å². The van der Waals surface area contributed by atoms with Crippen molar-refractivity contribution in [1.29, 1.82) is 0 Å². The Hall–Kier alpha value is -1.36. The highest BCUT2D eigenvalue weighted by Gasteiger charge is 2.39. The maximum Gasteiger partial charge on any atom is 0.240 e. The Morgan fingerprint density at radius 2 is 1.92 bits per heavy atom. The summed E-state index contributed by atoms with van der Waals surface area (Å²) in [7, 11) is 2.00. The van der Waals surface area contributed by atoms with Gasteiger partial charge in [0.15, 0.2) is 0 Å². The van der Waals surface area contributed by atoms with E-state index in [4.69, 9.17) is 0 Å². The number of aryl methyl sites for hydroxylation is 2. The van der Waals surface area contributed by atoms with Gasteiger partial charge in [0.2, 0.25) is 5.91 Å². The lowest BCUT2D eigenvalue weighted by Gasteiger charge is -2.39. The van der Waals surface area contributed by atoms with Crippen LogP contribution >= 0.6 is 0 Å². The molecule has 0 bridgehead atoms. The first-order valence-electron chi connectivity index (χ1n) is 9.94. The van der Waals surface area contributed by atoms with Gasteiger partial charge in [-0.25, -0.2) is 0 Å². The van der Waals surface area contributed by atoms with Gasteiger partial charge in [-0.05, 0) is 52.0 Å². The lowest BCUT2D eigenvalue weighted by atomic mass is 9.97. The fourth-order valence-electron chi connectivity index (χ4n) is 4.75. The van der Waals surface area contributed by atoms with E-state index in [0.29, 0.717) is 11.8 Å². The van der Waals surface area contributed by atoms with Crippen LogP contribution in [0.4, 0.5) is 0 Å². The third-order valence-corrected chi connectivity index (χ3v) is 5.93. The Balaban J connectivity index is 1.82. The van der Waals surface area contributed by atoms with Gasteiger partial charge in [-0.3, -0.25) is 14.4 Å². The lowest BCUT2D eigenvalue weighted by Crippen LogP contribution is -2.51. The summed E-state index contributed by atoms with van der Waals surface area (Å²) < 4.78 is 1.96. The molecule has 2 fully saturated rings. The molecule has 1 aromatic rings. The van der Waals surface area contributed by atoms with E-state index in [0.717, 1.165) is 44.6 Å². The van der Waals surface area contributed by atoms with Crippen molar-refractivity contribution in [2.45, 2.75) is 71.9 Å². The Morgan fingerprint density at radius 3 is 2.56 bits per heavy atom. The highest BCUT2D eigenvalue weighted by molar-refractivity contribution is 5.82. The predicted octanol–water partition coefficient (Wildman–Crippen LogP) is 3.21. The molecule has 1 aromatic heterocycles. The van der Waals surface area contributed by atoms with Crippen molar-refractivity contribution in [3.63, 3.8) is 0 Å². The van der Waals surface area contributed by atoms with Crippen LogP contribution < -0.4 is 0 Å². The van der Waals surface area contributed by atoms with Crippen LogP contribution in [0, 0.1) is 19.8 Å². The number of carbonyl (C=O) groups excluding carboxylic acids is 1. The van der Waals surface area contributed by atoms with Crippen LogP contribution in [0.1, 0.15) is 68.9 Å². The van der Waals surface area contributed by atoms with Crippen molar-refractivity contribution in [2.75, 3.05) is 19.6 Å². The molecule has 2 atom stereocenters. The third-order valence-electron chi connectivity index (χ3n) is 5.93. The molecule has 5 nitrogen and oxygen atoms in total. The maximum atomic E-state index is 13.5. The molecular formula is C20H34N4O. The second-order valence-corrected chi connectivity index (χ2v) is 8.30. The summed E-state index contributed by atoms with van der Waals surface area (Å²) in [5.41, 5.74) is 3.55. The van der Waals surface area contributed by atoms with Crippen molar-refractivity contribution in [1.82, 2.24) is 19.6 Å². The molecule has 1 amide bonds. The summed E-state index contributed by atoms with van der Waals surface area (Å²) in [5.74, 6) is 0.955. The molecule has 3 rings (SSSR count). The van der Waals surface area contributed by atoms with Crippen LogP contribution in [0.15, 0.2) is 0 Å². The number of hydrogen-bond donors (Lipinski definition) is 0. The highest BCUT2D eigenvalue weighted by Crippen LogP contribution is 2.37. The molecule has 0 radical (unpaired) electrons. The molecule has 2 aliphatic heterocycles. The summed E-state index contributed by atoms with van der Waals surface area (Å²) in [6, 6.07) is 0.290. The number of aromatic nitrogens is 2. The molecule has 0 spiro atoms. The number of piperidine rings is 1. The van der Waals surface area contributed by atoms with Gasteiger partial charge in [-0.2, -0.15) is 5.10 Å². The van der Waals surface area contributed by atoms with E-state index in [9.17, 15) is 4.79 Å². The minimum absolute atomic E-state index is 0.0778. The zero-order valence-electron chi connectivity index (χ0n) is 16.6. The van der Waals surface area contributed by atoms with Crippen molar-refractivity contribution in [3.8, 4) is 0 Å². The molecule has 0 aliphatic carbocycles. The van der Waals surface area contributed by atoms with E-state index in [1.165, 1.54) is 24.1 Å². The van der Waals surface area contributed by atoms with Crippen molar-refractivity contribution in [3.05, 3.63) is 17.0 Å². The van der Waals surface area contributed by atoms with E-state index >= 15 is 0 Å². The van der Waals surface area contributed by atoms with Crippen LogP contribution in [0.2, 0.25) is 0 Å². The van der Waals surface area contributed by atoms with Gasteiger partial charge < -0.3 is 4.90 Å².